The molecule has 0 aliphatic carbocycles. The zero-order valence-electron chi connectivity index (χ0n) is 11.0. The first-order valence-electron chi connectivity index (χ1n) is 6.22. The minimum Gasteiger partial charge on any atom is -0.383 e. The van der Waals surface area contributed by atoms with Gasteiger partial charge < -0.3 is 5.73 Å². The number of nitrogens with two attached hydrogens (primary N) is 1. The third kappa shape index (κ3) is 2.91. The normalized spacial score (nSPS) is 11.1. The monoisotopic (exact) mass is 302 g/mol. The van der Waals surface area contributed by atoms with Crippen LogP contribution >= 0.6 is 23.1 Å². The summed E-state index contributed by atoms with van der Waals surface area (Å²) in [6.45, 7) is 2.02. The molecular formula is C14H14N4S2. The number of hydrogen-bond acceptors (Lipinski definition) is 6. The largest absolute Gasteiger partial charge is 0.383 e. The SMILES string of the molecule is Cc1nc(CSCc2nc(N)c3ccccc3n2)cs1. The van der Waals surface area contributed by atoms with Crippen molar-refractivity contribution < 1.29 is 0 Å². The van der Waals surface area contributed by atoms with Crippen LogP contribution in [-0.4, -0.2) is 15.0 Å². The van der Waals surface area contributed by atoms with Crippen molar-refractivity contribution in [3.05, 3.63) is 46.2 Å². The van der Waals surface area contributed by atoms with Gasteiger partial charge in [0.25, 0.3) is 0 Å². The molecule has 3 rings (SSSR count). The Morgan fingerprint density at radius 2 is 2.00 bits per heavy atom. The Morgan fingerprint density at radius 3 is 2.80 bits per heavy atom. The number of thiazole rings is 1. The van der Waals surface area contributed by atoms with Crippen molar-refractivity contribution >= 4 is 39.8 Å². The van der Waals surface area contributed by atoms with Crippen LogP contribution in [0.1, 0.15) is 16.5 Å². The van der Waals surface area contributed by atoms with Gasteiger partial charge in [-0.25, -0.2) is 15.0 Å². The maximum absolute atomic E-state index is 5.97. The summed E-state index contributed by atoms with van der Waals surface area (Å²) < 4.78 is 0. The smallest absolute Gasteiger partial charge is 0.141 e. The third-order valence-electron chi connectivity index (χ3n) is 2.83. The van der Waals surface area contributed by atoms with Crippen LogP contribution in [0.4, 0.5) is 5.82 Å². The summed E-state index contributed by atoms with van der Waals surface area (Å²) in [7, 11) is 0. The van der Waals surface area contributed by atoms with Crippen LogP contribution < -0.4 is 5.73 Å². The van der Waals surface area contributed by atoms with Crippen LogP contribution in [0.5, 0.6) is 0 Å². The zero-order chi connectivity index (χ0) is 13.9. The van der Waals surface area contributed by atoms with Crippen molar-refractivity contribution in [3.8, 4) is 0 Å². The molecule has 0 saturated carbocycles. The lowest BCUT2D eigenvalue weighted by Crippen LogP contribution is -2.00. The Labute approximate surface area is 125 Å². The molecule has 102 valence electrons. The van der Waals surface area contributed by atoms with Crippen LogP contribution in [0.2, 0.25) is 0 Å². The van der Waals surface area contributed by atoms with Gasteiger partial charge in [0.2, 0.25) is 0 Å². The number of benzene rings is 1. The maximum atomic E-state index is 5.97. The minimum absolute atomic E-state index is 0.552. The van der Waals surface area contributed by atoms with Gasteiger partial charge in [-0.3, -0.25) is 0 Å². The molecule has 0 saturated heterocycles. The van der Waals surface area contributed by atoms with Crippen LogP contribution in [0.25, 0.3) is 10.9 Å². The number of anilines is 1. The molecule has 1 aromatic carbocycles. The second kappa shape index (κ2) is 5.76. The Bertz CT molecular complexity index is 739. The predicted octanol–water partition coefficient (Wildman–Crippen LogP) is 3.41. The molecule has 0 aliphatic heterocycles. The van der Waals surface area contributed by atoms with E-state index < -0.39 is 0 Å². The quantitative estimate of drug-likeness (QED) is 0.800. The Kier molecular flexibility index (Phi) is 3.84. The average Bonchev–Trinajstić information content (AvgIpc) is 2.85. The van der Waals surface area contributed by atoms with E-state index >= 15 is 0 Å². The molecule has 0 aliphatic rings. The standard InChI is InChI=1S/C14H14N4S2/c1-9-16-10(7-20-9)6-19-8-13-17-12-5-3-2-4-11(12)14(15)18-13/h2-5,7H,6,8H2,1H3,(H2,15,17,18). The molecule has 6 heteroatoms. The van der Waals surface area contributed by atoms with Crippen LogP contribution in [0.3, 0.4) is 0 Å². The first-order valence-corrected chi connectivity index (χ1v) is 8.25. The Morgan fingerprint density at radius 1 is 1.15 bits per heavy atom. The molecule has 2 aromatic heterocycles. The van der Waals surface area contributed by atoms with E-state index in [2.05, 4.69) is 20.3 Å². The van der Waals surface area contributed by atoms with Crippen LogP contribution in [0.15, 0.2) is 29.6 Å². The maximum Gasteiger partial charge on any atom is 0.141 e. The molecule has 2 N–H and O–H groups in total. The lowest BCUT2D eigenvalue weighted by molar-refractivity contribution is 1.07. The molecule has 3 aromatic rings. The van der Waals surface area contributed by atoms with Gasteiger partial charge in [0.15, 0.2) is 0 Å². The number of para-hydroxylation sites is 1. The Balaban J connectivity index is 1.71. The van der Waals surface area contributed by atoms with Crippen molar-refractivity contribution in [2.24, 2.45) is 0 Å². The molecule has 0 amide bonds. The molecule has 2 heterocycles. The summed E-state index contributed by atoms with van der Waals surface area (Å²) in [5.74, 6) is 2.94. The van der Waals surface area contributed by atoms with Gasteiger partial charge in [-0.05, 0) is 19.1 Å². The predicted molar refractivity (Wildman–Crippen MR) is 85.8 cm³/mol. The average molecular weight is 302 g/mol. The minimum atomic E-state index is 0.552. The number of nitrogens with zero attached hydrogens (tertiary/aromatic N) is 3. The number of thioether (sulfide) groups is 1. The second-order valence-electron chi connectivity index (χ2n) is 4.39. The van der Waals surface area contributed by atoms with Crippen LogP contribution in [0, 0.1) is 6.92 Å². The van der Waals surface area contributed by atoms with Crippen LogP contribution in [-0.2, 0) is 11.5 Å². The molecule has 0 spiro atoms. The number of aromatic nitrogens is 3. The number of rotatable bonds is 4. The van der Waals surface area contributed by atoms with Crippen molar-refractivity contribution in [3.63, 3.8) is 0 Å². The molecule has 0 unspecified atom stereocenters. The number of fused-ring (bicyclic) bond motifs is 1. The van der Waals surface area contributed by atoms with Gasteiger partial charge >= 0.3 is 0 Å². The van der Waals surface area contributed by atoms with E-state index in [0.717, 1.165) is 38.9 Å². The number of hydrogen-bond donors (Lipinski definition) is 1. The van der Waals surface area contributed by atoms with Gasteiger partial charge in [0.1, 0.15) is 11.6 Å². The van der Waals surface area contributed by atoms with E-state index in [1.807, 2.05) is 31.2 Å². The zero-order valence-corrected chi connectivity index (χ0v) is 12.7. The first kappa shape index (κ1) is 13.3. The molecule has 0 bridgehead atoms. The highest BCUT2D eigenvalue weighted by atomic mass is 32.2. The fourth-order valence-electron chi connectivity index (χ4n) is 1.94. The van der Waals surface area contributed by atoms with Gasteiger partial charge in [-0.2, -0.15) is 0 Å². The van der Waals surface area contributed by atoms with E-state index in [4.69, 9.17) is 5.73 Å². The molecule has 0 radical (unpaired) electrons. The fraction of sp³-hybridized carbons (Fsp3) is 0.214. The van der Waals surface area contributed by atoms with Crippen molar-refractivity contribution in [1.82, 2.24) is 15.0 Å². The highest BCUT2D eigenvalue weighted by molar-refractivity contribution is 7.97. The summed E-state index contributed by atoms with van der Waals surface area (Å²) in [5, 5.41) is 4.11. The summed E-state index contributed by atoms with van der Waals surface area (Å²) in [6.07, 6.45) is 0. The van der Waals surface area contributed by atoms with E-state index in [-0.39, 0.29) is 0 Å². The van der Waals surface area contributed by atoms with E-state index in [1.165, 1.54) is 0 Å². The molecule has 0 fully saturated rings. The topological polar surface area (TPSA) is 64.7 Å². The van der Waals surface area contributed by atoms with Gasteiger partial charge in [0.05, 0.1) is 22.0 Å². The lowest BCUT2D eigenvalue weighted by Gasteiger charge is -2.04. The van der Waals surface area contributed by atoms with E-state index in [1.54, 1.807) is 23.1 Å². The molecule has 0 atom stereocenters. The molecular weight excluding hydrogens is 288 g/mol. The highest BCUT2D eigenvalue weighted by Crippen LogP contribution is 2.21. The second-order valence-corrected chi connectivity index (χ2v) is 6.44. The fourth-order valence-corrected chi connectivity index (χ4v) is 3.43. The van der Waals surface area contributed by atoms with Crippen molar-refractivity contribution in [2.45, 2.75) is 18.4 Å². The highest BCUT2D eigenvalue weighted by Gasteiger charge is 2.05. The van der Waals surface area contributed by atoms with Gasteiger partial charge in [0, 0.05) is 16.5 Å². The molecule has 20 heavy (non-hydrogen) atoms. The first-order chi connectivity index (χ1) is 9.72. The third-order valence-corrected chi connectivity index (χ3v) is 4.61. The van der Waals surface area contributed by atoms with E-state index in [0.29, 0.717) is 5.82 Å². The van der Waals surface area contributed by atoms with Crippen molar-refractivity contribution in [2.75, 3.05) is 5.73 Å². The Hall–Kier alpha value is -1.66. The van der Waals surface area contributed by atoms with Gasteiger partial charge in [-0.1, -0.05) is 12.1 Å². The summed E-state index contributed by atoms with van der Waals surface area (Å²) in [4.78, 5) is 13.3. The summed E-state index contributed by atoms with van der Waals surface area (Å²) >= 11 is 3.43. The lowest BCUT2D eigenvalue weighted by atomic mass is 10.2. The number of nitrogen functional groups attached to an aromatic ring is 1. The number of aryl methyl sites for hydroxylation is 1. The van der Waals surface area contributed by atoms with E-state index in [9.17, 15) is 0 Å². The molecule has 4 nitrogen and oxygen atoms in total. The summed E-state index contributed by atoms with van der Waals surface area (Å²) in [6, 6.07) is 7.82. The van der Waals surface area contributed by atoms with Gasteiger partial charge in [-0.15, -0.1) is 23.1 Å². The summed E-state index contributed by atoms with van der Waals surface area (Å²) in [5.41, 5.74) is 7.99. The van der Waals surface area contributed by atoms with Crippen molar-refractivity contribution in [1.29, 1.82) is 0 Å².